The van der Waals surface area contributed by atoms with Crippen LogP contribution in [0.15, 0.2) is 65.2 Å². The Hall–Kier alpha value is -3.19. The summed E-state index contributed by atoms with van der Waals surface area (Å²) in [6, 6.07) is 16.8. The Labute approximate surface area is 187 Å². The Morgan fingerprint density at radius 2 is 2.06 bits per heavy atom. The quantitative estimate of drug-likeness (QED) is 0.442. The zero-order valence-corrected chi connectivity index (χ0v) is 18.6. The molecule has 1 saturated heterocycles. The van der Waals surface area contributed by atoms with Gasteiger partial charge >= 0.3 is 5.97 Å². The maximum atomic E-state index is 11.9. The minimum Gasteiger partial charge on any atom is -0.465 e. The summed E-state index contributed by atoms with van der Waals surface area (Å²) in [5.41, 5.74) is 2.20. The second-order valence-electron chi connectivity index (χ2n) is 7.95. The van der Waals surface area contributed by atoms with Gasteiger partial charge in [-0.1, -0.05) is 32.0 Å². The maximum Gasteiger partial charge on any atom is 0.337 e. The number of hydrogen-bond acceptors (Lipinski definition) is 5. The molecule has 1 aliphatic rings. The van der Waals surface area contributed by atoms with Crippen LogP contribution in [0.1, 0.15) is 47.7 Å². The van der Waals surface area contributed by atoms with Crippen molar-refractivity contribution in [3.63, 3.8) is 0 Å². The van der Waals surface area contributed by atoms with E-state index in [0.29, 0.717) is 22.4 Å². The number of methoxy groups -OCH3 is 1. The molecule has 0 aliphatic carbocycles. The second-order valence-corrected chi connectivity index (χ2v) is 8.33. The van der Waals surface area contributed by atoms with Gasteiger partial charge in [0.05, 0.1) is 24.4 Å². The Morgan fingerprint density at radius 1 is 1.23 bits per heavy atom. The summed E-state index contributed by atoms with van der Waals surface area (Å²) >= 11 is 5.67. The van der Waals surface area contributed by atoms with E-state index in [1.807, 2.05) is 42.5 Å². The molecular formula is C24H25N3O3S. The van der Waals surface area contributed by atoms with Crippen molar-refractivity contribution >= 4 is 23.3 Å². The Kier molecular flexibility index (Phi) is 6.04. The van der Waals surface area contributed by atoms with Gasteiger partial charge in [0.2, 0.25) is 0 Å². The number of benzene rings is 1. The number of pyridine rings is 1. The Morgan fingerprint density at radius 3 is 2.77 bits per heavy atom. The van der Waals surface area contributed by atoms with Crippen LogP contribution in [0.4, 0.5) is 0 Å². The lowest BCUT2D eigenvalue weighted by molar-refractivity contribution is 0.0601. The molecule has 0 amide bonds. The highest BCUT2D eigenvalue weighted by atomic mass is 32.1. The molecule has 0 spiro atoms. The van der Waals surface area contributed by atoms with Crippen LogP contribution in [0.3, 0.4) is 0 Å². The van der Waals surface area contributed by atoms with E-state index < -0.39 is 0 Å². The number of nitrogens with zero attached hydrogens (tertiary/aromatic N) is 2. The molecular weight excluding hydrogens is 410 g/mol. The van der Waals surface area contributed by atoms with Crippen molar-refractivity contribution in [2.24, 2.45) is 5.92 Å². The first kappa shape index (κ1) is 21.1. The molecule has 7 heteroatoms. The first-order chi connectivity index (χ1) is 15.0. The third-order valence-corrected chi connectivity index (χ3v) is 5.60. The lowest BCUT2D eigenvalue weighted by atomic mass is 10.0. The predicted octanol–water partition coefficient (Wildman–Crippen LogP) is 4.76. The molecule has 0 bridgehead atoms. The number of esters is 1. The average Bonchev–Trinajstić information content (AvgIpc) is 3.39. The summed E-state index contributed by atoms with van der Waals surface area (Å²) in [7, 11) is 1.37. The third kappa shape index (κ3) is 4.32. The monoisotopic (exact) mass is 435 g/mol. The van der Waals surface area contributed by atoms with Gasteiger partial charge in [-0.25, -0.2) is 4.79 Å². The van der Waals surface area contributed by atoms with Crippen LogP contribution in [0.2, 0.25) is 0 Å². The summed E-state index contributed by atoms with van der Waals surface area (Å²) in [5.74, 6) is 1.53. The van der Waals surface area contributed by atoms with Gasteiger partial charge in [0.25, 0.3) is 0 Å². The standard InChI is InChI=1S/C24H25N3O3S/c1-15(2)14-27-22(21(26-24(27)31)18-9-4-5-12-25-18)20-11-10-19(30-20)16-7-6-8-17(13-16)23(28)29-3/h4-13,15,21-22H,14H2,1-3H3,(H,26,31)/t21-,22-/m0/s1. The fourth-order valence-corrected chi connectivity index (χ4v) is 4.20. The van der Waals surface area contributed by atoms with Crippen LogP contribution in [-0.4, -0.2) is 34.6 Å². The van der Waals surface area contributed by atoms with Crippen molar-refractivity contribution in [3.05, 3.63) is 77.8 Å². The van der Waals surface area contributed by atoms with Gasteiger partial charge < -0.3 is 19.4 Å². The smallest absolute Gasteiger partial charge is 0.337 e. The summed E-state index contributed by atoms with van der Waals surface area (Å²) in [6.45, 7) is 5.13. The molecule has 4 rings (SSSR count). The van der Waals surface area contributed by atoms with E-state index in [-0.39, 0.29) is 18.1 Å². The fraction of sp³-hybridized carbons (Fsp3) is 0.292. The minimum atomic E-state index is -0.378. The van der Waals surface area contributed by atoms with Crippen LogP contribution in [0.25, 0.3) is 11.3 Å². The van der Waals surface area contributed by atoms with E-state index in [1.54, 1.807) is 18.3 Å². The zero-order valence-electron chi connectivity index (χ0n) is 17.7. The van der Waals surface area contributed by atoms with E-state index in [4.69, 9.17) is 21.4 Å². The number of furan rings is 1. The molecule has 0 saturated carbocycles. The second kappa shape index (κ2) is 8.89. The van der Waals surface area contributed by atoms with Gasteiger partial charge in [-0.2, -0.15) is 0 Å². The third-order valence-electron chi connectivity index (χ3n) is 5.25. The Balaban J connectivity index is 1.71. The summed E-state index contributed by atoms with van der Waals surface area (Å²) in [4.78, 5) is 18.6. The highest BCUT2D eigenvalue weighted by Gasteiger charge is 2.41. The normalized spacial score (nSPS) is 18.3. The first-order valence-corrected chi connectivity index (χ1v) is 10.6. The molecule has 3 aromatic rings. The molecule has 1 aliphatic heterocycles. The highest BCUT2D eigenvalue weighted by Crippen LogP contribution is 2.40. The highest BCUT2D eigenvalue weighted by molar-refractivity contribution is 7.80. The largest absolute Gasteiger partial charge is 0.465 e. The van der Waals surface area contributed by atoms with Crippen molar-refractivity contribution in [1.82, 2.24) is 15.2 Å². The van der Waals surface area contributed by atoms with Crippen molar-refractivity contribution in [3.8, 4) is 11.3 Å². The Bertz CT molecular complexity index is 1080. The SMILES string of the molecule is COC(=O)c1cccc(-c2ccc([C@H]3[C@H](c4ccccn4)NC(=S)N3CC(C)C)o2)c1. The molecule has 1 fully saturated rings. The lowest BCUT2D eigenvalue weighted by Gasteiger charge is -2.27. The zero-order chi connectivity index (χ0) is 22.0. The van der Waals surface area contributed by atoms with Gasteiger partial charge in [-0.3, -0.25) is 4.98 Å². The number of carbonyl (C=O) groups excluding carboxylic acids is 1. The van der Waals surface area contributed by atoms with E-state index in [2.05, 4.69) is 29.0 Å². The van der Waals surface area contributed by atoms with Crippen molar-refractivity contribution in [2.75, 3.05) is 13.7 Å². The molecule has 3 heterocycles. The number of nitrogens with one attached hydrogen (secondary N) is 1. The molecule has 0 radical (unpaired) electrons. The van der Waals surface area contributed by atoms with Crippen LogP contribution in [0, 0.1) is 5.92 Å². The van der Waals surface area contributed by atoms with E-state index in [1.165, 1.54) is 7.11 Å². The molecule has 2 atom stereocenters. The predicted molar refractivity (Wildman–Crippen MR) is 122 cm³/mol. The topological polar surface area (TPSA) is 67.6 Å². The van der Waals surface area contributed by atoms with E-state index in [0.717, 1.165) is 23.6 Å². The molecule has 160 valence electrons. The number of carbonyl (C=O) groups is 1. The lowest BCUT2D eigenvalue weighted by Crippen LogP contribution is -2.32. The van der Waals surface area contributed by atoms with Crippen LogP contribution < -0.4 is 5.32 Å². The van der Waals surface area contributed by atoms with Crippen LogP contribution >= 0.6 is 12.2 Å². The minimum absolute atomic E-state index is 0.118. The number of aromatic nitrogens is 1. The molecule has 1 aromatic carbocycles. The number of ether oxygens (including phenoxy) is 1. The van der Waals surface area contributed by atoms with E-state index in [9.17, 15) is 4.79 Å². The summed E-state index contributed by atoms with van der Waals surface area (Å²) in [5, 5.41) is 4.12. The summed E-state index contributed by atoms with van der Waals surface area (Å²) in [6.07, 6.45) is 1.79. The van der Waals surface area contributed by atoms with Crippen LogP contribution in [0.5, 0.6) is 0 Å². The van der Waals surface area contributed by atoms with Gasteiger partial charge in [0, 0.05) is 18.3 Å². The molecule has 6 nitrogen and oxygen atoms in total. The molecule has 1 N–H and O–H groups in total. The average molecular weight is 436 g/mol. The number of hydrogen-bond donors (Lipinski definition) is 1. The van der Waals surface area contributed by atoms with Gasteiger partial charge in [0.1, 0.15) is 17.6 Å². The number of thiocarbonyl (C=S) groups is 1. The van der Waals surface area contributed by atoms with E-state index >= 15 is 0 Å². The van der Waals surface area contributed by atoms with Gasteiger partial charge in [-0.15, -0.1) is 0 Å². The maximum absolute atomic E-state index is 11.9. The first-order valence-electron chi connectivity index (χ1n) is 10.2. The molecule has 31 heavy (non-hydrogen) atoms. The molecule has 0 unspecified atom stereocenters. The van der Waals surface area contributed by atoms with Gasteiger partial charge in [0.15, 0.2) is 5.11 Å². The van der Waals surface area contributed by atoms with Crippen LogP contribution in [-0.2, 0) is 4.74 Å². The fourth-order valence-electron chi connectivity index (χ4n) is 3.89. The van der Waals surface area contributed by atoms with Gasteiger partial charge in [-0.05, 0) is 54.5 Å². The van der Waals surface area contributed by atoms with Crippen molar-refractivity contribution in [1.29, 1.82) is 0 Å². The molecule has 2 aromatic heterocycles. The van der Waals surface area contributed by atoms with Crippen molar-refractivity contribution < 1.29 is 13.9 Å². The summed E-state index contributed by atoms with van der Waals surface area (Å²) < 4.78 is 11.1. The van der Waals surface area contributed by atoms with Crippen molar-refractivity contribution in [2.45, 2.75) is 25.9 Å². The number of rotatable bonds is 6.